The van der Waals surface area contributed by atoms with Crippen LogP contribution in [0.4, 0.5) is 26.3 Å². The third-order valence-corrected chi connectivity index (χ3v) is 4.02. The van der Waals surface area contributed by atoms with Crippen molar-refractivity contribution >= 4 is 18.3 Å². The topological polar surface area (TPSA) is 32.3 Å². The molecular formula is C11H15ClF6N2O. The number of rotatable bonds is 1. The Morgan fingerprint density at radius 2 is 1.71 bits per heavy atom. The third-order valence-electron chi connectivity index (χ3n) is 4.02. The molecule has 2 heterocycles. The molecule has 0 saturated carbocycles. The van der Waals surface area contributed by atoms with Gasteiger partial charge in [-0.05, 0) is 25.8 Å². The third kappa shape index (κ3) is 3.08. The number of hydrogen-bond acceptors (Lipinski definition) is 2. The van der Waals surface area contributed by atoms with E-state index in [4.69, 9.17) is 0 Å². The first kappa shape index (κ1) is 18.3. The molecule has 1 atom stereocenters. The molecule has 2 fully saturated rings. The van der Waals surface area contributed by atoms with Gasteiger partial charge in [0.25, 0.3) is 0 Å². The smallest absolute Gasteiger partial charge is 0.340 e. The van der Waals surface area contributed by atoms with Crippen LogP contribution in [0.2, 0.25) is 0 Å². The van der Waals surface area contributed by atoms with Crippen LogP contribution in [0, 0.1) is 5.41 Å². The van der Waals surface area contributed by atoms with Crippen LogP contribution in [-0.2, 0) is 4.79 Å². The highest BCUT2D eigenvalue weighted by atomic mass is 35.5. The first-order valence-corrected chi connectivity index (χ1v) is 6.24. The number of amides is 1. The van der Waals surface area contributed by atoms with Crippen molar-refractivity contribution in [1.82, 2.24) is 10.2 Å². The van der Waals surface area contributed by atoms with Crippen molar-refractivity contribution in [3.05, 3.63) is 0 Å². The van der Waals surface area contributed by atoms with Crippen LogP contribution in [0.25, 0.3) is 0 Å². The Balaban J connectivity index is 0.00000220. The van der Waals surface area contributed by atoms with Crippen molar-refractivity contribution in [2.45, 2.75) is 37.7 Å². The molecule has 0 aromatic rings. The summed E-state index contributed by atoms with van der Waals surface area (Å²) >= 11 is 0. The molecule has 10 heteroatoms. The highest BCUT2D eigenvalue weighted by Gasteiger charge is 2.73. The maximum atomic E-state index is 12.9. The fraction of sp³-hybridized carbons (Fsp3) is 0.909. The molecule has 0 radical (unpaired) electrons. The minimum atomic E-state index is -5.41. The predicted octanol–water partition coefficient (Wildman–Crippen LogP) is 2.50. The molecule has 2 aliphatic heterocycles. The number of carbonyl (C=O) groups is 1. The number of hydrogen-bond donors (Lipinski definition) is 1. The summed E-state index contributed by atoms with van der Waals surface area (Å²) in [6.07, 6.45) is -10.8. The Morgan fingerprint density at radius 1 is 1.14 bits per heavy atom. The Morgan fingerprint density at radius 3 is 2.10 bits per heavy atom. The first-order valence-electron chi connectivity index (χ1n) is 6.24. The lowest BCUT2D eigenvalue weighted by molar-refractivity contribution is -0.334. The van der Waals surface area contributed by atoms with Crippen molar-refractivity contribution in [2.24, 2.45) is 5.41 Å². The van der Waals surface area contributed by atoms with E-state index in [0.717, 1.165) is 0 Å². The van der Waals surface area contributed by atoms with E-state index in [1.54, 1.807) is 0 Å². The summed E-state index contributed by atoms with van der Waals surface area (Å²) in [5.41, 5.74) is -3.80. The quantitative estimate of drug-likeness (QED) is 0.744. The van der Waals surface area contributed by atoms with Crippen LogP contribution in [-0.4, -0.2) is 48.8 Å². The molecule has 1 unspecified atom stereocenters. The highest BCUT2D eigenvalue weighted by molar-refractivity contribution is 5.85. The Bertz CT molecular complexity index is 377. The Kier molecular flexibility index (Phi) is 5.09. The van der Waals surface area contributed by atoms with Gasteiger partial charge in [-0.15, -0.1) is 12.4 Å². The van der Waals surface area contributed by atoms with Crippen LogP contribution in [0.5, 0.6) is 0 Å². The zero-order chi connectivity index (χ0) is 15.2. The number of alkyl halides is 6. The normalized spacial score (nSPS) is 25.8. The van der Waals surface area contributed by atoms with Crippen LogP contribution in [0.1, 0.15) is 19.3 Å². The first-order chi connectivity index (χ1) is 9.08. The molecule has 124 valence electrons. The highest BCUT2D eigenvalue weighted by Crippen LogP contribution is 2.55. The summed E-state index contributed by atoms with van der Waals surface area (Å²) in [6, 6.07) is -0.660. The minimum absolute atomic E-state index is 0. The number of halogens is 7. The van der Waals surface area contributed by atoms with E-state index in [0.29, 0.717) is 24.3 Å². The van der Waals surface area contributed by atoms with E-state index in [9.17, 15) is 31.1 Å². The van der Waals surface area contributed by atoms with Crippen molar-refractivity contribution in [3.8, 4) is 0 Å². The maximum absolute atomic E-state index is 12.9. The number of likely N-dealkylation sites (tertiary alicyclic amines) is 1. The summed E-state index contributed by atoms with van der Waals surface area (Å²) < 4.78 is 77.1. The average Bonchev–Trinajstić information content (AvgIpc) is 2.96. The van der Waals surface area contributed by atoms with Gasteiger partial charge in [0.2, 0.25) is 5.91 Å². The van der Waals surface area contributed by atoms with Gasteiger partial charge in [0.05, 0.1) is 6.04 Å². The van der Waals surface area contributed by atoms with E-state index in [1.165, 1.54) is 0 Å². The molecule has 1 N–H and O–H groups in total. The Labute approximate surface area is 123 Å². The zero-order valence-corrected chi connectivity index (χ0v) is 11.7. The lowest BCUT2D eigenvalue weighted by Gasteiger charge is -2.33. The van der Waals surface area contributed by atoms with Crippen LogP contribution in [0.3, 0.4) is 0 Å². The Hall–Kier alpha value is -0.700. The summed E-state index contributed by atoms with van der Waals surface area (Å²) in [5.74, 6) is -0.669. The van der Waals surface area contributed by atoms with Gasteiger partial charge in [-0.1, -0.05) is 0 Å². The van der Waals surface area contributed by atoms with Crippen molar-refractivity contribution in [1.29, 1.82) is 0 Å². The van der Waals surface area contributed by atoms with Crippen molar-refractivity contribution < 1.29 is 31.1 Å². The van der Waals surface area contributed by atoms with E-state index in [1.807, 2.05) is 0 Å². The largest absolute Gasteiger partial charge is 0.404 e. The lowest BCUT2D eigenvalue weighted by atomic mass is 9.85. The maximum Gasteiger partial charge on any atom is 0.404 e. The molecule has 0 bridgehead atoms. The van der Waals surface area contributed by atoms with Crippen molar-refractivity contribution in [2.75, 3.05) is 19.6 Å². The monoisotopic (exact) mass is 340 g/mol. The second kappa shape index (κ2) is 5.83. The number of nitrogens with zero attached hydrogens (tertiary/aromatic N) is 1. The molecule has 2 aliphatic rings. The summed E-state index contributed by atoms with van der Waals surface area (Å²) in [6.45, 7) is -1.30. The van der Waals surface area contributed by atoms with Crippen LogP contribution >= 0.6 is 12.4 Å². The number of carbonyl (C=O) groups excluding carboxylic acids is 1. The molecule has 1 amide bonds. The van der Waals surface area contributed by atoms with Gasteiger partial charge in [-0.3, -0.25) is 4.79 Å². The van der Waals surface area contributed by atoms with E-state index in [-0.39, 0.29) is 12.4 Å². The lowest BCUT2D eigenvalue weighted by Crippen LogP contribution is -2.53. The van der Waals surface area contributed by atoms with Crippen LogP contribution < -0.4 is 5.32 Å². The van der Waals surface area contributed by atoms with E-state index < -0.39 is 49.2 Å². The second-order valence-electron chi connectivity index (χ2n) is 5.24. The molecule has 21 heavy (non-hydrogen) atoms. The second-order valence-corrected chi connectivity index (χ2v) is 5.24. The van der Waals surface area contributed by atoms with Gasteiger partial charge in [0.15, 0.2) is 5.41 Å². The van der Waals surface area contributed by atoms with Gasteiger partial charge in [0.1, 0.15) is 0 Å². The SMILES string of the molecule is Cl.O=C(C1CCCN1)N1CCC(C(F)(F)F)(C(F)(F)F)C1. The molecule has 2 rings (SSSR count). The molecule has 0 aliphatic carbocycles. The van der Waals surface area contributed by atoms with Gasteiger partial charge >= 0.3 is 12.4 Å². The molecule has 3 nitrogen and oxygen atoms in total. The van der Waals surface area contributed by atoms with E-state index >= 15 is 0 Å². The molecule has 2 saturated heterocycles. The minimum Gasteiger partial charge on any atom is -0.340 e. The molecular weight excluding hydrogens is 326 g/mol. The molecule has 0 spiro atoms. The fourth-order valence-corrected chi connectivity index (χ4v) is 2.74. The molecule has 0 aromatic carbocycles. The number of nitrogens with one attached hydrogen (secondary N) is 1. The van der Waals surface area contributed by atoms with Gasteiger partial charge < -0.3 is 10.2 Å². The zero-order valence-electron chi connectivity index (χ0n) is 10.9. The standard InChI is InChI=1S/C11H14F6N2O.ClH/c12-10(13,14)9(11(15,16)17)3-5-19(6-9)8(20)7-2-1-4-18-7;/h7,18H,1-6H2;1H. The predicted molar refractivity (Wildman–Crippen MR) is 64.0 cm³/mol. The molecule has 0 aromatic heterocycles. The van der Waals surface area contributed by atoms with Gasteiger partial charge in [0, 0.05) is 13.1 Å². The summed E-state index contributed by atoms with van der Waals surface area (Å²) in [5, 5.41) is 2.78. The van der Waals surface area contributed by atoms with E-state index in [2.05, 4.69) is 5.32 Å². The summed E-state index contributed by atoms with van der Waals surface area (Å²) in [4.78, 5) is 12.6. The van der Waals surface area contributed by atoms with Crippen molar-refractivity contribution in [3.63, 3.8) is 0 Å². The van der Waals surface area contributed by atoms with Crippen LogP contribution in [0.15, 0.2) is 0 Å². The van der Waals surface area contributed by atoms with Gasteiger partial charge in [-0.2, -0.15) is 26.3 Å². The average molecular weight is 341 g/mol. The summed E-state index contributed by atoms with van der Waals surface area (Å²) in [7, 11) is 0. The fourth-order valence-electron chi connectivity index (χ4n) is 2.74. The van der Waals surface area contributed by atoms with Gasteiger partial charge in [-0.25, -0.2) is 0 Å².